The van der Waals surface area contributed by atoms with Gasteiger partial charge in [0.15, 0.2) is 5.49 Å². The molecule has 2 aliphatic rings. The van der Waals surface area contributed by atoms with Crippen LogP contribution in [-0.4, -0.2) is 38.6 Å². The molecule has 1 saturated heterocycles. The summed E-state index contributed by atoms with van der Waals surface area (Å²) in [4.78, 5) is 37.8. The van der Waals surface area contributed by atoms with E-state index in [4.69, 9.17) is 0 Å². The van der Waals surface area contributed by atoms with Crippen molar-refractivity contribution in [3.63, 3.8) is 0 Å². The zero-order valence-electron chi connectivity index (χ0n) is 12.4. The minimum absolute atomic E-state index is 0.311. The van der Waals surface area contributed by atoms with E-state index < -0.39 is 5.69 Å². The third-order valence-corrected chi connectivity index (χ3v) is 4.10. The Labute approximate surface area is 131 Å². The quantitative estimate of drug-likeness (QED) is 0.727. The molecule has 0 aromatic carbocycles. The summed E-state index contributed by atoms with van der Waals surface area (Å²) in [7, 11) is 0. The molecule has 118 valence electrons. The van der Waals surface area contributed by atoms with Crippen molar-refractivity contribution in [2.24, 2.45) is 4.99 Å². The molecule has 0 spiro atoms. The van der Waals surface area contributed by atoms with Crippen LogP contribution in [0.15, 0.2) is 34.3 Å². The number of amides is 1. The van der Waals surface area contributed by atoms with E-state index in [1.54, 1.807) is 23.5 Å². The number of aromatic nitrogens is 3. The van der Waals surface area contributed by atoms with Crippen molar-refractivity contribution in [2.45, 2.75) is 19.0 Å². The number of carbonyl (C=O) groups is 1. The summed E-state index contributed by atoms with van der Waals surface area (Å²) in [5.41, 5.74) is 0.767. The monoisotopic (exact) mass is 312 g/mol. The molecule has 1 atom stereocenters. The van der Waals surface area contributed by atoms with Gasteiger partial charge in [0.1, 0.15) is 11.5 Å². The zero-order valence-corrected chi connectivity index (χ0v) is 12.4. The maximum atomic E-state index is 12.6. The van der Waals surface area contributed by atoms with Gasteiger partial charge in [-0.3, -0.25) is 4.98 Å². The van der Waals surface area contributed by atoms with Gasteiger partial charge in [-0.2, -0.15) is 4.57 Å². The molecule has 4 heterocycles. The Bertz CT molecular complexity index is 908. The summed E-state index contributed by atoms with van der Waals surface area (Å²) in [6.07, 6.45) is 6.63. The molecule has 2 aliphatic heterocycles. The number of fused-ring (bicyclic) bond motifs is 1. The van der Waals surface area contributed by atoms with E-state index in [9.17, 15) is 9.59 Å². The van der Waals surface area contributed by atoms with Crippen LogP contribution in [-0.2, 0) is 0 Å². The predicted octanol–water partition coefficient (Wildman–Crippen LogP) is -0.705. The van der Waals surface area contributed by atoms with Crippen molar-refractivity contribution in [3.8, 4) is 0 Å². The first kappa shape index (κ1) is 13.7. The molecular formula is C15H16N6O2. The van der Waals surface area contributed by atoms with E-state index in [0.717, 1.165) is 23.0 Å². The average molecular weight is 312 g/mol. The van der Waals surface area contributed by atoms with E-state index >= 15 is 0 Å². The summed E-state index contributed by atoms with van der Waals surface area (Å²) >= 11 is 0. The van der Waals surface area contributed by atoms with Crippen molar-refractivity contribution in [1.82, 2.24) is 24.8 Å². The van der Waals surface area contributed by atoms with Gasteiger partial charge in [-0.05, 0) is 18.9 Å². The van der Waals surface area contributed by atoms with E-state index in [2.05, 4.69) is 20.3 Å². The van der Waals surface area contributed by atoms with Gasteiger partial charge < -0.3 is 15.2 Å². The molecule has 2 N–H and O–H groups in total. The maximum absolute atomic E-state index is 12.6. The van der Waals surface area contributed by atoms with Crippen LogP contribution in [0.2, 0.25) is 0 Å². The molecule has 0 aliphatic carbocycles. The summed E-state index contributed by atoms with van der Waals surface area (Å²) in [5.74, 6) is 0. The highest BCUT2D eigenvalue weighted by atomic mass is 16.2. The molecule has 2 aromatic heterocycles. The molecule has 23 heavy (non-hydrogen) atoms. The predicted molar refractivity (Wildman–Crippen MR) is 82.0 cm³/mol. The molecule has 1 fully saturated rings. The summed E-state index contributed by atoms with van der Waals surface area (Å²) < 4.78 is 1.13. The van der Waals surface area contributed by atoms with Crippen LogP contribution in [0, 0.1) is 0 Å². The number of H-pyrrole nitrogens is 1. The van der Waals surface area contributed by atoms with Crippen LogP contribution in [0.4, 0.5) is 4.79 Å². The Hall–Kier alpha value is -2.90. The number of carbonyl (C=O) groups excluding carboxylic acids is 1. The number of hydrogen-bond acceptors (Lipinski definition) is 5. The van der Waals surface area contributed by atoms with Crippen molar-refractivity contribution in [1.29, 1.82) is 0 Å². The first-order chi connectivity index (χ1) is 11.2. The van der Waals surface area contributed by atoms with Gasteiger partial charge in [-0.25, -0.2) is 14.6 Å². The topological polar surface area (TPSA) is 95.4 Å². The second-order valence-electron chi connectivity index (χ2n) is 5.61. The van der Waals surface area contributed by atoms with Gasteiger partial charge in [0, 0.05) is 37.2 Å². The Morgan fingerprint density at radius 2 is 2.13 bits per heavy atom. The zero-order chi connectivity index (χ0) is 15.8. The fourth-order valence-electron chi connectivity index (χ4n) is 2.93. The lowest BCUT2D eigenvalue weighted by molar-refractivity contribution is 0.208. The number of imidazole rings is 1. The lowest BCUT2D eigenvalue weighted by Crippen LogP contribution is -2.46. The highest BCUT2D eigenvalue weighted by Gasteiger charge is 2.24. The lowest BCUT2D eigenvalue weighted by Gasteiger charge is -2.17. The Kier molecular flexibility index (Phi) is 3.22. The molecule has 2 aromatic rings. The van der Waals surface area contributed by atoms with E-state index in [1.807, 2.05) is 12.1 Å². The Morgan fingerprint density at radius 1 is 1.30 bits per heavy atom. The number of aromatic amines is 1. The van der Waals surface area contributed by atoms with Gasteiger partial charge in [-0.15, -0.1) is 0 Å². The van der Waals surface area contributed by atoms with Crippen molar-refractivity contribution in [2.75, 3.05) is 13.1 Å². The van der Waals surface area contributed by atoms with Gasteiger partial charge in [0.2, 0.25) is 0 Å². The fraction of sp³-hybridized carbons (Fsp3) is 0.333. The third-order valence-electron chi connectivity index (χ3n) is 4.10. The SMILES string of the molecule is O=C(N1CCCC1)n1c(=O)[nH]c2c1=NC(c1cccnc1)NC=2. The van der Waals surface area contributed by atoms with Crippen LogP contribution in [0.5, 0.6) is 0 Å². The number of likely N-dealkylation sites (tertiary alicyclic amines) is 1. The van der Waals surface area contributed by atoms with Gasteiger partial charge >= 0.3 is 11.7 Å². The molecule has 1 unspecified atom stereocenters. The molecule has 0 saturated carbocycles. The second-order valence-corrected chi connectivity index (χ2v) is 5.61. The Balaban J connectivity index is 1.80. The molecule has 1 amide bonds. The standard InChI is InChI=1S/C15H16N6O2/c22-14-18-11-9-17-12(10-4-3-5-16-8-10)19-13(11)21(14)15(23)20-6-1-2-7-20/h3-5,8-9,12,17H,1-2,6-7H2,(H,18,22). The largest absolute Gasteiger partial charge is 0.364 e. The van der Waals surface area contributed by atoms with Crippen LogP contribution in [0.3, 0.4) is 0 Å². The number of nitrogens with zero attached hydrogens (tertiary/aromatic N) is 4. The van der Waals surface area contributed by atoms with Crippen LogP contribution in [0.25, 0.3) is 6.20 Å². The fourth-order valence-corrected chi connectivity index (χ4v) is 2.93. The molecule has 0 bridgehead atoms. The minimum Gasteiger partial charge on any atom is -0.364 e. The highest BCUT2D eigenvalue weighted by Crippen LogP contribution is 2.12. The number of hydrogen-bond donors (Lipinski definition) is 2. The maximum Gasteiger partial charge on any atom is 0.336 e. The molecule has 8 heteroatoms. The van der Waals surface area contributed by atoms with Crippen molar-refractivity contribution < 1.29 is 4.79 Å². The average Bonchev–Trinajstić information content (AvgIpc) is 3.21. The third kappa shape index (κ3) is 2.32. The minimum atomic E-state index is -0.458. The molecule has 4 rings (SSSR count). The van der Waals surface area contributed by atoms with E-state index in [1.165, 1.54) is 0 Å². The molecule has 0 radical (unpaired) electrons. The number of rotatable bonds is 1. The van der Waals surface area contributed by atoms with E-state index in [-0.39, 0.29) is 12.2 Å². The second kappa shape index (κ2) is 5.38. The van der Waals surface area contributed by atoms with Gasteiger partial charge in [0.25, 0.3) is 0 Å². The first-order valence-corrected chi connectivity index (χ1v) is 7.58. The van der Waals surface area contributed by atoms with Crippen molar-refractivity contribution in [3.05, 3.63) is 51.4 Å². The number of nitrogens with one attached hydrogen (secondary N) is 2. The summed E-state index contributed by atoms with van der Waals surface area (Å²) in [6, 6.07) is 3.40. The highest BCUT2D eigenvalue weighted by molar-refractivity contribution is 5.76. The van der Waals surface area contributed by atoms with E-state index in [0.29, 0.717) is 23.9 Å². The summed E-state index contributed by atoms with van der Waals surface area (Å²) in [6.45, 7) is 1.36. The smallest absolute Gasteiger partial charge is 0.336 e. The Morgan fingerprint density at radius 3 is 2.87 bits per heavy atom. The van der Waals surface area contributed by atoms with Crippen LogP contribution < -0.4 is 21.8 Å². The summed E-state index contributed by atoms with van der Waals surface area (Å²) in [5, 5.41) is 3.62. The normalized spacial score (nSPS) is 19.5. The van der Waals surface area contributed by atoms with Crippen LogP contribution in [0.1, 0.15) is 24.6 Å². The van der Waals surface area contributed by atoms with Gasteiger partial charge in [0.05, 0.1) is 0 Å². The van der Waals surface area contributed by atoms with Crippen molar-refractivity contribution >= 4 is 12.2 Å². The molecular weight excluding hydrogens is 296 g/mol. The number of pyridine rings is 1. The van der Waals surface area contributed by atoms with Crippen LogP contribution >= 0.6 is 0 Å². The molecule has 8 nitrogen and oxygen atoms in total. The van der Waals surface area contributed by atoms with Gasteiger partial charge in [-0.1, -0.05) is 6.07 Å². The first-order valence-electron chi connectivity index (χ1n) is 7.58. The lowest BCUT2D eigenvalue weighted by atomic mass is 10.2.